The van der Waals surface area contributed by atoms with Gasteiger partial charge in [-0.05, 0) is 35.9 Å². The lowest BCUT2D eigenvalue weighted by atomic mass is 10.1. The molecule has 0 saturated heterocycles. The van der Waals surface area contributed by atoms with E-state index in [9.17, 15) is 19.1 Å². The molecule has 3 aromatic rings. The predicted octanol–water partition coefficient (Wildman–Crippen LogP) is 2.15. The number of nitrogens with one attached hydrogen (secondary N) is 1. The summed E-state index contributed by atoms with van der Waals surface area (Å²) in [6, 6.07) is 10.6. The molecule has 1 heterocycles. The van der Waals surface area contributed by atoms with E-state index in [-0.39, 0.29) is 18.6 Å². The Balaban J connectivity index is 1.67. The van der Waals surface area contributed by atoms with Crippen LogP contribution >= 0.6 is 15.9 Å². The predicted molar refractivity (Wildman–Crippen MR) is 98.1 cm³/mol. The van der Waals surface area contributed by atoms with Gasteiger partial charge in [-0.25, -0.2) is 9.37 Å². The minimum absolute atomic E-state index is 0.0937. The summed E-state index contributed by atoms with van der Waals surface area (Å²) in [6.07, 6.45) is 0.262. The third-order valence-corrected chi connectivity index (χ3v) is 4.32. The Bertz CT molecular complexity index is 1020. The van der Waals surface area contributed by atoms with Gasteiger partial charge in [0.2, 0.25) is 5.91 Å². The molecule has 0 saturated carbocycles. The van der Waals surface area contributed by atoms with E-state index in [0.717, 1.165) is 4.47 Å². The number of rotatable bonds is 5. The van der Waals surface area contributed by atoms with Crippen molar-refractivity contribution in [3.63, 3.8) is 0 Å². The van der Waals surface area contributed by atoms with Crippen LogP contribution in [0.1, 0.15) is 11.7 Å². The second-order valence-electron chi connectivity index (χ2n) is 5.71. The number of halogens is 2. The maximum absolute atomic E-state index is 13.2. The van der Waals surface area contributed by atoms with Gasteiger partial charge in [0.05, 0.1) is 23.3 Å². The monoisotopic (exact) mass is 419 g/mol. The van der Waals surface area contributed by atoms with Crippen molar-refractivity contribution in [3.8, 4) is 0 Å². The molecule has 1 aromatic heterocycles. The topological polar surface area (TPSA) is 84.2 Å². The van der Waals surface area contributed by atoms with Crippen LogP contribution in [0.3, 0.4) is 0 Å². The van der Waals surface area contributed by atoms with Gasteiger partial charge >= 0.3 is 0 Å². The van der Waals surface area contributed by atoms with Gasteiger partial charge in [0.25, 0.3) is 5.56 Å². The van der Waals surface area contributed by atoms with Gasteiger partial charge in [0, 0.05) is 11.0 Å². The van der Waals surface area contributed by atoms with E-state index in [1.807, 2.05) is 0 Å². The van der Waals surface area contributed by atoms with Crippen LogP contribution in [0.4, 0.5) is 4.39 Å². The summed E-state index contributed by atoms with van der Waals surface area (Å²) in [5, 5.41) is 12.9. The number of amides is 1. The van der Waals surface area contributed by atoms with Crippen LogP contribution < -0.4 is 10.9 Å². The van der Waals surface area contributed by atoms with Crippen LogP contribution in [0.15, 0.2) is 58.1 Å². The number of nitrogens with zero attached hydrogens (tertiary/aromatic N) is 2. The van der Waals surface area contributed by atoms with Crippen LogP contribution in [0.25, 0.3) is 10.9 Å². The van der Waals surface area contributed by atoms with Crippen LogP contribution in [-0.2, 0) is 11.3 Å². The standard InChI is InChI=1S/C18H15BrFN3O3/c19-12-4-5-15-14(7-12)18(26)23(10-22-15)9-17(25)21-8-16(24)11-2-1-3-13(20)6-11/h1-7,10,16,24H,8-9H2,(H,21,25). The molecule has 0 aliphatic heterocycles. The largest absolute Gasteiger partial charge is 0.387 e. The normalized spacial score (nSPS) is 12.1. The molecular weight excluding hydrogens is 405 g/mol. The lowest BCUT2D eigenvalue weighted by Crippen LogP contribution is -2.34. The average molecular weight is 420 g/mol. The lowest BCUT2D eigenvalue weighted by Gasteiger charge is -2.13. The summed E-state index contributed by atoms with van der Waals surface area (Å²) >= 11 is 3.30. The van der Waals surface area contributed by atoms with Crippen molar-refractivity contribution in [1.29, 1.82) is 0 Å². The maximum Gasteiger partial charge on any atom is 0.261 e. The Morgan fingerprint density at radius 3 is 2.88 bits per heavy atom. The third-order valence-electron chi connectivity index (χ3n) is 3.83. The first-order chi connectivity index (χ1) is 12.4. The first-order valence-electron chi connectivity index (χ1n) is 7.79. The first kappa shape index (κ1) is 18.2. The Morgan fingerprint density at radius 2 is 2.12 bits per heavy atom. The van der Waals surface area contributed by atoms with E-state index < -0.39 is 17.8 Å². The zero-order valence-corrected chi connectivity index (χ0v) is 15.1. The van der Waals surface area contributed by atoms with Gasteiger partial charge in [0.15, 0.2) is 0 Å². The molecule has 1 atom stereocenters. The zero-order valence-electron chi connectivity index (χ0n) is 13.5. The Labute approximate surface area is 156 Å². The first-order valence-corrected chi connectivity index (χ1v) is 8.58. The molecule has 26 heavy (non-hydrogen) atoms. The molecule has 0 bridgehead atoms. The fourth-order valence-electron chi connectivity index (χ4n) is 2.50. The summed E-state index contributed by atoms with van der Waals surface area (Å²) in [5.41, 5.74) is 0.563. The Morgan fingerprint density at radius 1 is 1.31 bits per heavy atom. The van der Waals surface area contributed by atoms with E-state index in [4.69, 9.17) is 0 Å². The fraction of sp³-hybridized carbons (Fsp3) is 0.167. The number of fused-ring (bicyclic) bond motifs is 1. The molecule has 6 nitrogen and oxygen atoms in total. The molecule has 0 spiro atoms. The number of carbonyl (C=O) groups is 1. The van der Waals surface area contributed by atoms with Crippen molar-refractivity contribution >= 4 is 32.7 Å². The summed E-state index contributed by atoms with van der Waals surface area (Å²) < 4.78 is 15.1. The van der Waals surface area contributed by atoms with Gasteiger partial charge in [0.1, 0.15) is 12.4 Å². The molecule has 0 aliphatic rings. The van der Waals surface area contributed by atoms with Crippen molar-refractivity contribution < 1.29 is 14.3 Å². The Hall–Kier alpha value is -2.58. The smallest absolute Gasteiger partial charge is 0.261 e. The van der Waals surface area contributed by atoms with E-state index in [0.29, 0.717) is 16.5 Å². The number of benzene rings is 2. The van der Waals surface area contributed by atoms with Crippen LogP contribution in [-0.4, -0.2) is 27.1 Å². The van der Waals surface area contributed by atoms with Gasteiger partial charge in [-0.1, -0.05) is 28.1 Å². The summed E-state index contributed by atoms with van der Waals surface area (Å²) in [4.78, 5) is 28.7. The lowest BCUT2D eigenvalue weighted by molar-refractivity contribution is -0.122. The second kappa shape index (κ2) is 7.76. The van der Waals surface area contributed by atoms with Crippen molar-refractivity contribution in [1.82, 2.24) is 14.9 Å². The molecule has 0 radical (unpaired) electrons. The number of carbonyl (C=O) groups excluding carboxylic acids is 1. The number of hydrogen-bond acceptors (Lipinski definition) is 4. The molecule has 3 rings (SSSR count). The molecule has 1 unspecified atom stereocenters. The fourth-order valence-corrected chi connectivity index (χ4v) is 2.86. The SMILES string of the molecule is O=C(Cn1cnc2ccc(Br)cc2c1=O)NCC(O)c1cccc(F)c1. The van der Waals surface area contributed by atoms with E-state index >= 15 is 0 Å². The van der Waals surface area contributed by atoms with Gasteiger partial charge in [-0.15, -0.1) is 0 Å². The highest BCUT2D eigenvalue weighted by Gasteiger charge is 2.12. The average Bonchev–Trinajstić information content (AvgIpc) is 2.62. The number of aliphatic hydroxyl groups excluding tert-OH is 1. The van der Waals surface area contributed by atoms with E-state index in [1.54, 1.807) is 24.3 Å². The van der Waals surface area contributed by atoms with Crippen LogP contribution in [0.2, 0.25) is 0 Å². The van der Waals surface area contributed by atoms with E-state index in [1.165, 1.54) is 29.1 Å². The number of hydrogen-bond donors (Lipinski definition) is 2. The van der Waals surface area contributed by atoms with Crippen molar-refractivity contribution in [2.75, 3.05) is 6.54 Å². The van der Waals surface area contributed by atoms with E-state index in [2.05, 4.69) is 26.2 Å². The minimum atomic E-state index is -1.04. The highest BCUT2D eigenvalue weighted by Crippen LogP contribution is 2.15. The van der Waals surface area contributed by atoms with Gasteiger partial charge < -0.3 is 10.4 Å². The van der Waals surface area contributed by atoms with Gasteiger partial charge in [-0.2, -0.15) is 0 Å². The summed E-state index contributed by atoms with van der Waals surface area (Å²) in [5.74, 6) is -0.925. The number of aromatic nitrogens is 2. The van der Waals surface area contributed by atoms with Gasteiger partial charge in [-0.3, -0.25) is 14.2 Å². The van der Waals surface area contributed by atoms with Crippen molar-refractivity contribution in [3.05, 3.63) is 75.0 Å². The molecule has 0 fully saturated rings. The third kappa shape index (κ3) is 4.14. The Kier molecular flexibility index (Phi) is 5.43. The summed E-state index contributed by atoms with van der Waals surface area (Å²) in [6.45, 7) is -0.326. The molecule has 1 amide bonds. The molecule has 8 heteroatoms. The summed E-state index contributed by atoms with van der Waals surface area (Å²) in [7, 11) is 0. The molecule has 2 N–H and O–H groups in total. The van der Waals surface area contributed by atoms with Crippen molar-refractivity contribution in [2.45, 2.75) is 12.6 Å². The zero-order chi connectivity index (χ0) is 18.7. The van der Waals surface area contributed by atoms with Crippen LogP contribution in [0.5, 0.6) is 0 Å². The second-order valence-corrected chi connectivity index (χ2v) is 6.63. The number of aliphatic hydroxyl groups is 1. The quantitative estimate of drug-likeness (QED) is 0.663. The highest BCUT2D eigenvalue weighted by atomic mass is 79.9. The van der Waals surface area contributed by atoms with Crippen LogP contribution in [0, 0.1) is 5.82 Å². The minimum Gasteiger partial charge on any atom is -0.387 e. The molecule has 2 aromatic carbocycles. The highest BCUT2D eigenvalue weighted by molar-refractivity contribution is 9.10. The molecule has 134 valence electrons. The molecular formula is C18H15BrFN3O3. The maximum atomic E-state index is 13.2. The molecule has 0 aliphatic carbocycles. The van der Waals surface area contributed by atoms with Crippen molar-refractivity contribution in [2.24, 2.45) is 0 Å².